The fourth-order valence-corrected chi connectivity index (χ4v) is 2.07. The van der Waals surface area contributed by atoms with E-state index in [0.717, 1.165) is 0 Å². The number of carboxylic acid groups (broad SMARTS) is 1. The van der Waals surface area contributed by atoms with Gasteiger partial charge in [0.15, 0.2) is 0 Å². The Morgan fingerprint density at radius 2 is 1.79 bits per heavy atom. The first-order valence-corrected chi connectivity index (χ1v) is 5.63. The molecule has 1 aromatic carbocycles. The lowest BCUT2D eigenvalue weighted by atomic mass is 10.1. The summed E-state index contributed by atoms with van der Waals surface area (Å²) in [4.78, 5) is 22.8. The largest absolute Gasteiger partial charge is 0.478 e. The Balaban J connectivity index is 2.75. The lowest BCUT2D eigenvalue weighted by Crippen LogP contribution is -2.20. The fourth-order valence-electron chi connectivity index (χ4n) is 2.07. The molecule has 0 atom stereocenters. The molecule has 1 heterocycles. The highest BCUT2D eigenvalue weighted by Crippen LogP contribution is 2.19. The van der Waals surface area contributed by atoms with E-state index in [0.29, 0.717) is 16.8 Å². The quantitative estimate of drug-likeness (QED) is 0.902. The Bertz CT molecular complexity index is 696. The molecule has 2 aromatic rings. The van der Waals surface area contributed by atoms with Crippen LogP contribution >= 0.6 is 0 Å². The Hall–Kier alpha value is -2.43. The van der Waals surface area contributed by atoms with Crippen LogP contribution in [0.25, 0.3) is 5.69 Å². The molecule has 0 spiro atoms. The summed E-state index contributed by atoms with van der Waals surface area (Å²) >= 11 is 0. The number of carbonyl (C=O) groups is 1. The molecule has 0 bridgehead atoms. The molecule has 0 unspecified atom stereocenters. The Morgan fingerprint density at radius 1 is 1.21 bits per heavy atom. The normalized spacial score (nSPS) is 10.5. The first-order chi connectivity index (χ1) is 8.90. The number of halogens is 1. The average Bonchev–Trinajstić information content (AvgIpc) is 2.29. The van der Waals surface area contributed by atoms with Crippen molar-refractivity contribution in [3.05, 3.63) is 63.3 Å². The van der Waals surface area contributed by atoms with Gasteiger partial charge in [-0.2, -0.15) is 0 Å². The van der Waals surface area contributed by atoms with Crippen LogP contribution in [0.4, 0.5) is 4.39 Å². The number of aromatic carboxylic acids is 1. The van der Waals surface area contributed by atoms with Crippen molar-refractivity contribution in [2.45, 2.75) is 13.8 Å². The summed E-state index contributed by atoms with van der Waals surface area (Å²) in [5.41, 5.74) is 1.30. The number of pyridine rings is 1. The van der Waals surface area contributed by atoms with Crippen LogP contribution in [-0.4, -0.2) is 15.6 Å². The van der Waals surface area contributed by atoms with Gasteiger partial charge in [-0.05, 0) is 43.2 Å². The number of rotatable bonds is 2. The van der Waals surface area contributed by atoms with Gasteiger partial charge in [-0.25, -0.2) is 9.18 Å². The van der Waals surface area contributed by atoms with Gasteiger partial charge in [0, 0.05) is 12.3 Å². The van der Waals surface area contributed by atoms with Crippen LogP contribution in [0.2, 0.25) is 0 Å². The van der Waals surface area contributed by atoms with Gasteiger partial charge < -0.3 is 5.11 Å². The predicted molar refractivity (Wildman–Crippen MR) is 68.4 cm³/mol. The molecule has 5 heteroatoms. The molecule has 0 saturated carbocycles. The van der Waals surface area contributed by atoms with Gasteiger partial charge in [0.1, 0.15) is 5.82 Å². The monoisotopic (exact) mass is 261 g/mol. The van der Waals surface area contributed by atoms with Crippen LogP contribution in [0.1, 0.15) is 21.5 Å². The number of aryl methyl sites for hydroxylation is 2. The van der Waals surface area contributed by atoms with Crippen LogP contribution in [-0.2, 0) is 0 Å². The van der Waals surface area contributed by atoms with Crippen molar-refractivity contribution in [3.8, 4) is 5.69 Å². The summed E-state index contributed by atoms with van der Waals surface area (Å²) in [7, 11) is 0. The summed E-state index contributed by atoms with van der Waals surface area (Å²) in [5.74, 6) is -1.51. The van der Waals surface area contributed by atoms with Crippen LogP contribution < -0.4 is 5.56 Å². The van der Waals surface area contributed by atoms with Crippen molar-refractivity contribution in [2.24, 2.45) is 0 Å². The molecule has 2 rings (SSSR count). The average molecular weight is 261 g/mol. The van der Waals surface area contributed by atoms with E-state index in [-0.39, 0.29) is 16.9 Å². The van der Waals surface area contributed by atoms with Crippen molar-refractivity contribution in [1.29, 1.82) is 0 Å². The van der Waals surface area contributed by atoms with E-state index in [1.165, 1.54) is 35.0 Å². The van der Waals surface area contributed by atoms with E-state index in [9.17, 15) is 14.0 Å². The van der Waals surface area contributed by atoms with E-state index >= 15 is 0 Å². The molecule has 0 aliphatic rings. The van der Waals surface area contributed by atoms with Crippen LogP contribution in [0.3, 0.4) is 0 Å². The minimum atomic E-state index is -1.12. The van der Waals surface area contributed by atoms with Crippen molar-refractivity contribution in [1.82, 2.24) is 4.57 Å². The maximum Gasteiger partial charge on any atom is 0.337 e. The van der Waals surface area contributed by atoms with Gasteiger partial charge in [-0.1, -0.05) is 0 Å². The minimum absolute atomic E-state index is 0.00252. The molecule has 1 N–H and O–H groups in total. The summed E-state index contributed by atoms with van der Waals surface area (Å²) < 4.78 is 14.5. The van der Waals surface area contributed by atoms with E-state index in [1.807, 2.05) is 0 Å². The van der Waals surface area contributed by atoms with E-state index in [1.54, 1.807) is 13.8 Å². The third-order valence-corrected chi connectivity index (χ3v) is 2.85. The SMILES string of the molecule is Cc1cc(F)cc(C)c1-n1cc(C(=O)O)ccc1=O. The Labute approximate surface area is 108 Å². The molecule has 0 saturated heterocycles. The maximum atomic E-state index is 13.3. The molecular formula is C14H12FNO3. The van der Waals surface area contributed by atoms with Crippen molar-refractivity contribution >= 4 is 5.97 Å². The standard InChI is InChI=1S/C14H12FNO3/c1-8-5-11(15)6-9(2)13(8)16-7-10(14(18)19)3-4-12(16)17/h3-7H,1-2H3,(H,18,19). The second-order valence-corrected chi connectivity index (χ2v) is 4.32. The summed E-state index contributed by atoms with van der Waals surface area (Å²) in [6.07, 6.45) is 1.25. The second-order valence-electron chi connectivity index (χ2n) is 4.32. The first-order valence-electron chi connectivity index (χ1n) is 5.63. The van der Waals surface area contributed by atoms with Gasteiger partial charge in [-0.3, -0.25) is 9.36 Å². The third-order valence-electron chi connectivity index (χ3n) is 2.85. The van der Waals surface area contributed by atoms with Crippen LogP contribution in [0.5, 0.6) is 0 Å². The number of benzene rings is 1. The van der Waals surface area contributed by atoms with Gasteiger partial charge in [0.25, 0.3) is 5.56 Å². The molecule has 98 valence electrons. The zero-order valence-electron chi connectivity index (χ0n) is 10.5. The molecule has 0 aliphatic carbocycles. The highest BCUT2D eigenvalue weighted by Gasteiger charge is 2.11. The minimum Gasteiger partial charge on any atom is -0.478 e. The fraction of sp³-hybridized carbons (Fsp3) is 0.143. The molecular weight excluding hydrogens is 249 g/mol. The smallest absolute Gasteiger partial charge is 0.337 e. The van der Waals surface area contributed by atoms with Crippen LogP contribution in [0, 0.1) is 19.7 Å². The topological polar surface area (TPSA) is 59.3 Å². The van der Waals surface area contributed by atoms with Gasteiger partial charge >= 0.3 is 5.97 Å². The van der Waals surface area contributed by atoms with Gasteiger partial charge in [0.2, 0.25) is 0 Å². The highest BCUT2D eigenvalue weighted by molar-refractivity contribution is 5.87. The number of hydrogen-bond donors (Lipinski definition) is 1. The molecule has 1 aromatic heterocycles. The Kier molecular flexibility index (Phi) is 3.21. The number of hydrogen-bond acceptors (Lipinski definition) is 2. The Morgan fingerprint density at radius 3 is 2.32 bits per heavy atom. The van der Waals surface area contributed by atoms with Gasteiger partial charge in [-0.15, -0.1) is 0 Å². The zero-order chi connectivity index (χ0) is 14.2. The van der Waals surface area contributed by atoms with E-state index < -0.39 is 5.97 Å². The first kappa shape index (κ1) is 13.0. The number of carboxylic acids is 1. The second kappa shape index (κ2) is 4.68. The number of nitrogens with zero attached hydrogens (tertiary/aromatic N) is 1. The molecule has 0 aliphatic heterocycles. The molecule has 19 heavy (non-hydrogen) atoms. The molecule has 0 radical (unpaired) electrons. The summed E-state index contributed by atoms with van der Waals surface area (Å²) in [6.45, 7) is 3.34. The van der Waals surface area contributed by atoms with Crippen molar-refractivity contribution < 1.29 is 14.3 Å². The summed E-state index contributed by atoms with van der Waals surface area (Å²) in [6, 6.07) is 5.05. The number of aromatic nitrogens is 1. The molecule has 0 amide bonds. The van der Waals surface area contributed by atoms with Gasteiger partial charge in [0.05, 0.1) is 11.3 Å². The third kappa shape index (κ3) is 2.40. The lowest BCUT2D eigenvalue weighted by molar-refractivity contribution is 0.0696. The molecule has 0 fully saturated rings. The zero-order valence-corrected chi connectivity index (χ0v) is 10.5. The highest BCUT2D eigenvalue weighted by atomic mass is 19.1. The lowest BCUT2D eigenvalue weighted by Gasteiger charge is -2.13. The van der Waals surface area contributed by atoms with E-state index in [4.69, 9.17) is 5.11 Å². The maximum absolute atomic E-state index is 13.3. The molecule has 4 nitrogen and oxygen atoms in total. The summed E-state index contributed by atoms with van der Waals surface area (Å²) in [5, 5.41) is 8.95. The van der Waals surface area contributed by atoms with Crippen LogP contribution in [0.15, 0.2) is 35.3 Å². The van der Waals surface area contributed by atoms with Crippen molar-refractivity contribution in [3.63, 3.8) is 0 Å². The van der Waals surface area contributed by atoms with E-state index in [2.05, 4.69) is 0 Å². The predicted octanol–water partition coefficient (Wildman–Crippen LogP) is 2.29. The van der Waals surface area contributed by atoms with Crippen molar-refractivity contribution in [2.75, 3.05) is 0 Å².